The zero-order valence-corrected chi connectivity index (χ0v) is 15.2. The van der Waals surface area contributed by atoms with Crippen molar-refractivity contribution in [3.05, 3.63) is 64.1 Å². The fraction of sp³-hybridized carbons (Fsp3) is 0.300. The maximum Gasteiger partial charge on any atom is 0.121 e. The Balaban J connectivity index is 1.84. The number of halogens is 1. The molecule has 0 bridgehead atoms. The predicted molar refractivity (Wildman–Crippen MR) is 98.2 cm³/mol. The smallest absolute Gasteiger partial charge is 0.121 e. The van der Waals surface area contributed by atoms with Crippen LogP contribution in [0.15, 0.2) is 47.4 Å². The van der Waals surface area contributed by atoms with Gasteiger partial charge in [0.2, 0.25) is 0 Å². The largest absolute Gasteiger partial charge is 0.496 e. The molecule has 2 aromatic rings. The predicted octanol–water partition coefficient (Wildman–Crippen LogP) is 5.62. The Bertz CT molecular complexity index is 732. The van der Waals surface area contributed by atoms with Crippen molar-refractivity contribution in [1.82, 2.24) is 0 Å². The first-order chi connectivity index (χ1) is 11.1. The highest BCUT2D eigenvalue weighted by Gasteiger charge is 2.22. The molecule has 2 nitrogen and oxygen atoms in total. The van der Waals surface area contributed by atoms with Gasteiger partial charge in [-0.15, -0.1) is 0 Å². The minimum atomic E-state index is 0.741. The molecular formula is C20H21BrO2. The maximum atomic E-state index is 5.91. The van der Waals surface area contributed by atoms with Crippen LogP contribution in [0.3, 0.4) is 0 Å². The van der Waals surface area contributed by atoms with Crippen molar-refractivity contribution in [3.8, 4) is 11.5 Å². The molecular weight excluding hydrogens is 352 g/mol. The highest BCUT2D eigenvalue weighted by atomic mass is 79.9. The molecule has 3 rings (SSSR count). The molecule has 0 aromatic heterocycles. The monoisotopic (exact) mass is 372 g/mol. The Morgan fingerprint density at radius 2 is 1.96 bits per heavy atom. The van der Waals surface area contributed by atoms with E-state index < -0.39 is 0 Å². The average molecular weight is 373 g/mol. The van der Waals surface area contributed by atoms with E-state index in [1.807, 2.05) is 25.1 Å². The molecule has 1 aliphatic carbocycles. The van der Waals surface area contributed by atoms with Crippen LogP contribution in [-0.2, 0) is 0 Å². The highest BCUT2D eigenvalue weighted by molar-refractivity contribution is 9.10. The molecule has 2 aromatic carbocycles. The van der Waals surface area contributed by atoms with E-state index in [1.54, 1.807) is 7.11 Å². The molecule has 0 aliphatic heterocycles. The third kappa shape index (κ3) is 3.97. The van der Waals surface area contributed by atoms with E-state index in [2.05, 4.69) is 40.7 Å². The van der Waals surface area contributed by atoms with Crippen LogP contribution in [0.1, 0.15) is 29.5 Å². The Morgan fingerprint density at radius 3 is 2.61 bits per heavy atom. The van der Waals surface area contributed by atoms with Gasteiger partial charge in [-0.1, -0.05) is 28.6 Å². The Kier molecular flexibility index (Phi) is 4.76. The number of ether oxygens (including phenoxy) is 2. The van der Waals surface area contributed by atoms with Crippen molar-refractivity contribution in [2.75, 3.05) is 13.7 Å². The van der Waals surface area contributed by atoms with Gasteiger partial charge >= 0.3 is 0 Å². The summed E-state index contributed by atoms with van der Waals surface area (Å²) in [6, 6.07) is 12.3. The zero-order chi connectivity index (χ0) is 16.4. The molecule has 3 heteroatoms. The van der Waals surface area contributed by atoms with Gasteiger partial charge in [-0.25, -0.2) is 0 Å². The Morgan fingerprint density at radius 1 is 1.17 bits per heavy atom. The van der Waals surface area contributed by atoms with Crippen LogP contribution in [0.5, 0.6) is 11.5 Å². The standard InChI is InChI=1S/C20H21BrO2/c1-13-8-16(6-7-20(13)22-3)14(2)17-9-18(21)11-19(10-17)23-12-15-4-5-15/h6-11,15H,2,4-5,12H2,1,3H3. The first-order valence-electron chi connectivity index (χ1n) is 7.84. The summed E-state index contributed by atoms with van der Waals surface area (Å²) < 4.78 is 12.2. The minimum absolute atomic E-state index is 0.741. The van der Waals surface area contributed by atoms with Crippen molar-refractivity contribution >= 4 is 21.5 Å². The molecule has 120 valence electrons. The van der Waals surface area contributed by atoms with Gasteiger partial charge in [0.15, 0.2) is 0 Å². The molecule has 1 fully saturated rings. The van der Waals surface area contributed by atoms with Crippen molar-refractivity contribution < 1.29 is 9.47 Å². The summed E-state index contributed by atoms with van der Waals surface area (Å²) in [5, 5.41) is 0. The first-order valence-corrected chi connectivity index (χ1v) is 8.64. The minimum Gasteiger partial charge on any atom is -0.496 e. The van der Waals surface area contributed by atoms with Crippen molar-refractivity contribution in [2.24, 2.45) is 5.92 Å². The zero-order valence-electron chi connectivity index (χ0n) is 13.6. The van der Waals surface area contributed by atoms with Gasteiger partial charge in [-0.05, 0) is 78.3 Å². The Hall–Kier alpha value is -1.74. The van der Waals surface area contributed by atoms with Gasteiger partial charge in [0.1, 0.15) is 11.5 Å². The number of methoxy groups -OCH3 is 1. The van der Waals surface area contributed by atoms with Crippen molar-refractivity contribution in [2.45, 2.75) is 19.8 Å². The summed E-state index contributed by atoms with van der Waals surface area (Å²) in [5.74, 6) is 2.53. The fourth-order valence-corrected chi connectivity index (χ4v) is 3.02. The highest BCUT2D eigenvalue weighted by Crippen LogP contribution is 2.33. The van der Waals surface area contributed by atoms with Gasteiger partial charge in [-0.2, -0.15) is 0 Å². The molecule has 0 amide bonds. The molecule has 0 heterocycles. The van der Waals surface area contributed by atoms with Crippen LogP contribution in [0, 0.1) is 12.8 Å². The molecule has 0 atom stereocenters. The normalized spacial score (nSPS) is 13.7. The number of hydrogen-bond acceptors (Lipinski definition) is 2. The number of hydrogen-bond donors (Lipinski definition) is 0. The first kappa shape index (κ1) is 16.1. The molecule has 0 N–H and O–H groups in total. The van der Waals surface area contributed by atoms with Crippen LogP contribution in [0.2, 0.25) is 0 Å². The lowest BCUT2D eigenvalue weighted by Crippen LogP contribution is -1.99. The lowest BCUT2D eigenvalue weighted by molar-refractivity contribution is 0.299. The summed E-state index contributed by atoms with van der Waals surface area (Å²) in [7, 11) is 1.69. The molecule has 1 saturated carbocycles. The van der Waals surface area contributed by atoms with Crippen LogP contribution >= 0.6 is 15.9 Å². The molecule has 0 unspecified atom stereocenters. The third-order valence-electron chi connectivity index (χ3n) is 4.15. The van der Waals surface area contributed by atoms with E-state index in [9.17, 15) is 0 Å². The van der Waals surface area contributed by atoms with E-state index in [-0.39, 0.29) is 0 Å². The van der Waals surface area contributed by atoms with E-state index in [1.165, 1.54) is 12.8 Å². The summed E-state index contributed by atoms with van der Waals surface area (Å²) in [5.41, 5.74) is 4.24. The van der Waals surface area contributed by atoms with Gasteiger partial charge < -0.3 is 9.47 Å². The number of rotatable bonds is 6. The Labute approximate surface area is 146 Å². The average Bonchev–Trinajstić information content (AvgIpc) is 3.36. The third-order valence-corrected chi connectivity index (χ3v) is 4.60. The lowest BCUT2D eigenvalue weighted by Gasteiger charge is -2.13. The summed E-state index contributed by atoms with van der Waals surface area (Å²) in [4.78, 5) is 0. The number of aryl methyl sites for hydroxylation is 1. The van der Waals surface area contributed by atoms with Gasteiger partial charge in [0, 0.05) is 4.47 Å². The second-order valence-corrected chi connectivity index (χ2v) is 7.01. The van der Waals surface area contributed by atoms with E-state index in [0.717, 1.165) is 50.8 Å². The van der Waals surface area contributed by atoms with E-state index in [0.29, 0.717) is 0 Å². The van der Waals surface area contributed by atoms with Crippen molar-refractivity contribution in [1.29, 1.82) is 0 Å². The van der Waals surface area contributed by atoms with E-state index >= 15 is 0 Å². The topological polar surface area (TPSA) is 18.5 Å². The molecule has 1 aliphatic rings. The van der Waals surface area contributed by atoms with Crippen molar-refractivity contribution in [3.63, 3.8) is 0 Å². The van der Waals surface area contributed by atoms with Crippen LogP contribution in [0.4, 0.5) is 0 Å². The number of benzene rings is 2. The van der Waals surface area contributed by atoms with Gasteiger partial charge in [-0.3, -0.25) is 0 Å². The molecule has 0 radical (unpaired) electrons. The second-order valence-electron chi connectivity index (χ2n) is 6.09. The maximum absolute atomic E-state index is 5.91. The SMILES string of the molecule is C=C(c1cc(Br)cc(OCC2CC2)c1)c1ccc(OC)c(C)c1. The summed E-state index contributed by atoms with van der Waals surface area (Å²) >= 11 is 3.57. The quantitative estimate of drug-likeness (QED) is 0.655. The fourth-order valence-electron chi connectivity index (χ4n) is 2.55. The van der Waals surface area contributed by atoms with Crippen LogP contribution < -0.4 is 9.47 Å². The second kappa shape index (κ2) is 6.79. The van der Waals surface area contributed by atoms with Crippen LogP contribution in [0.25, 0.3) is 5.57 Å². The van der Waals surface area contributed by atoms with Gasteiger partial charge in [0.25, 0.3) is 0 Å². The van der Waals surface area contributed by atoms with E-state index in [4.69, 9.17) is 9.47 Å². The molecule has 23 heavy (non-hydrogen) atoms. The van der Waals surface area contributed by atoms with Crippen LogP contribution in [-0.4, -0.2) is 13.7 Å². The summed E-state index contributed by atoms with van der Waals surface area (Å²) in [6.07, 6.45) is 2.58. The molecule has 0 saturated heterocycles. The lowest BCUT2D eigenvalue weighted by atomic mass is 9.98. The van der Waals surface area contributed by atoms with Gasteiger partial charge in [0.05, 0.1) is 13.7 Å². The molecule has 0 spiro atoms. The summed E-state index contributed by atoms with van der Waals surface area (Å²) in [6.45, 7) is 7.12.